The summed E-state index contributed by atoms with van der Waals surface area (Å²) in [4.78, 5) is 43.7. The average molecular weight is 509 g/mol. The van der Waals surface area contributed by atoms with Crippen LogP contribution in [0, 0.1) is 4.91 Å². The second-order valence-electron chi connectivity index (χ2n) is 8.01. The number of hydrogen-bond donors (Lipinski definition) is 0. The van der Waals surface area contributed by atoms with E-state index in [1.807, 2.05) is 6.07 Å². The van der Waals surface area contributed by atoms with Gasteiger partial charge < -0.3 is 14.2 Å². The van der Waals surface area contributed by atoms with E-state index in [1.54, 1.807) is 70.5 Å². The van der Waals surface area contributed by atoms with Crippen molar-refractivity contribution >= 4 is 29.1 Å². The largest absolute Gasteiger partial charge is 0.493 e. The van der Waals surface area contributed by atoms with Gasteiger partial charge in [0.2, 0.25) is 0 Å². The molecule has 1 aromatic heterocycles. The maximum Gasteiger partial charge on any atom is 0.338 e. The number of thiazole rings is 1. The number of hydrogen-bond acceptors (Lipinski definition) is 8. The highest BCUT2D eigenvalue weighted by Crippen LogP contribution is 2.32. The van der Waals surface area contributed by atoms with Gasteiger partial charge in [-0.25, -0.2) is 9.79 Å². The third kappa shape index (κ3) is 4.59. The van der Waals surface area contributed by atoms with Crippen LogP contribution in [-0.2, 0) is 9.53 Å². The van der Waals surface area contributed by atoms with Gasteiger partial charge >= 0.3 is 5.97 Å². The summed E-state index contributed by atoms with van der Waals surface area (Å²) in [6.07, 6.45) is 1.74. The summed E-state index contributed by atoms with van der Waals surface area (Å²) in [6.45, 7) is 3.61. The first kappa shape index (κ1) is 25.1. The number of carbonyl (C=O) groups is 1. The van der Waals surface area contributed by atoms with Gasteiger partial charge in [0.05, 0.1) is 42.7 Å². The third-order valence-corrected chi connectivity index (χ3v) is 6.75. The van der Waals surface area contributed by atoms with Crippen LogP contribution in [0.1, 0.15) is 31.0 Å². The Labute approximate surface area is 211 Å². The Hall–Kier alpha value is -4.05. The zero-order valence-electron chi connectivity index (χ0n) is 20.6. The Balaban J connectivity index is 1.95. The molecular weight excluding hydrogens is 482 g/mol. The second-order valence-corrected chi connectivity index (χ2v) is 9.02. The smallest absolute Gasteiger partial charge is 0.338 e. The van der Waals surface area contributed by atoms with E-state index >= 15 is 0 Å². The minimum Gasteiger partial charge on any atom is -0.493 e. The molecule has 36 heavy (non-hydrogen) atoms. The van der Waals surface area contributed by atoms with Crippen LogP contribution < -0.4 is 24.4 Å². The molecule has 10 heteroatoms. The van der Waals surface area contributed by atoms with E-state index in [4.69, 9.17) is 14.2 Å². The molecule has 0 radical (unpaired) electrons. The number of carbonyl (C=O) groups excluding carboxylic acids is 1. The summed E-state index contributed by atoms with van der Waals surface area (Å²) in [6, 6.07) is 11.4. The zero-order chi connectivity index (χ0) is 26.0. The van der Waals surface area contributed by atoms with Crippen molar-refractivity contribution in [2.75, 3.05) is 27.9 Å². The highest BCUT2D eigenvalue weighted by molar-refractivity contribution is 7.07. The summed E-state index contributed by atoms with van der Waals surface area (Å²) in [5, 5.41) is 0. The van der Waals surface area contributed by atoms with E-state index in [2.05, 4.69) is 4.99 Å². The van der Waals surface area contributed by atoms with Gasteiger partial charge in [0.1, 0.15) is 0 Å². The van der Waals surface area contributed by atoms with Crippen molar-refractivity contribution in [3.8, 4) is 11.5 Å². The number of aromatic nitrogens is 1. The van der Waals surface area contributed by atoms with E-state index < -0.39 is 12.0 Å². The fraction of sp³-hybridized carbons (Fsp3) is 0.269. The van der Waals surface area contributed by atoms with Crippen molar-refractivity contribution < 1.29 is 23.8 Å². The molecule has 0 N–H and O–H groups in total. The van der Waals surface area contributed by atoms with E-state index in [-0.39, 0.29) is 17.7 Å². The van der Waals surface area contributed by atoms with Gasteiger partial charge in [0.25, 0.3) is 11.2 Å². The van der Waals surface area contributed by atoms with Crippen molar-refractivity contribution in [2.24, 2.45) is 4.99 Å². The SMILES string of the molecule is CCOC(=O)C1=C(C)N=c2s/c(=C\c3ccc(OC)c(OC)c3)c(=O)n2C1c1cccc([N+](C)=O)c1. The Morgan fingerprint density at radius 1 is 1.17 bits per heavy atom. The number of rotatable bonds is 7. The predicted molar refractivity (Wildman–Crippen MR) is 136 cm³/mol. The first-order valence-electron chi connectivity index (χ1n) is 11.2. The Morgan fingerprint density at radius 2 is 1.92 bits per heavy atom. The molecule has 9 nitrogen and oxygen atoms in total. The maximum absolute atomic E-state index is 13.7. The lowest BCUT2D eigenvalue weighted by Gasteiger charge is -2.24. The molecular formula is C26H26N3O6S+. The molecule has 1 aliphatic rings. The molecule has 0 aliphatic carbocycles. The van der Waals surface area contributed by atoms with Gasteiger partial charge in [-0.3, -0.25) is 9.36 Å². The summed E-state index contributed by atoms with van der Waals surface area (Å²) < 4.78 is 18.6. The second kappa shape index (κ2) is 10.3. The molecule has 4 rings (SSSR count). The normalized spacial score (nSPS) is 15.2. The third-order valence-electron chi connectivity index (χ3n) is 5.77. The number of esters is 1. The lowest BCUT2D eigenvalue weighted by molar-refractivity contribution is -0.428. The fourth-order valence-electron chi connectivity index (χ4n) is 4.09. The molecule has 2 aromatic carbocycles. The minimum atomic E-state index is -0.798. The molecule has 3 aromatic rings. The summed E-state index contributed by atoms with van der Waals surface area (Å²) in [7, 11) is 4.49. The molecule has 0 spiro atoms. The molecule has 186 valence electrons. The first-order chi connectivity index (χ1) is 17.3. The Morgan fingerprint density at radius 3 is 2.58 bits per heavy atom. The molecule has 1 unspecified atom stereocenters. The monoisotopic (exact) mass is 508 g/mol. The van der Waals surface area contributed by atoms with E-state index in [9.17, 15) is 14.5 Å². The van der Waals surface area contributed by atoms with Gasteiger partial charge in [0.15, 0.2) is 23.3 Å². The zero-order valence-corrected chi connectivity index (χ0v) is 21.4. The number of nitrogens with zero attached hydrogens (tertiary/aromatic N) is 3. The molecule has 1 aliphatic heterocycles. The standard InChI is InChI=1S/C26H26N3O6S/c1-6-35-25(31)22-15(2)27-26-29(23(22)17-8-7-9-18(14-17)28(3)32)24(30)21(36-26)13-16-10-11-19(33-4)20(12-16)34-5/h7-14,23H,6H2,1-5H3/q+1/b21-13-. The van der Waals surface area contributed by atoms with Gasteiger partial charge in [-0.2, -0.15) is 0 Å². The van der Waals surface area contributed by atoms with Crippen LogP contribution in [0.5, 0.6) is 11.5 Å². The fourth-order valence-corrected chi connectivity index (χ4v) is 5.14. The van der Waals surface area contributed by atoms with Crippen LogP contribution in [-0.4, -0.2) is 43.2 Å². The Bertz CT molecular complexity index is 1570. The van der Waals surface area contributed by atoms with Crippen LogP contribution in [0.2, 0.25) is 0 Å². The van der Waals surface area contributed by atoms with Crippen molar-refractivity contribution in [3.05, 3.63) is 89.5 Å². The lowest BCUT2D eigenvalue weighted by atomic mass is 9.95. The molecule has 0 amide bonds. The van der Waals surface area contributed by atoms with Gasteiger partial charge in [0, 0.05) is 21.8 Å². The van der Waals surface area contributed by atoms with E-state index in [0.717, 1.165) is 10.3 Å². The highest BCUT2D eigenvalue weighted by Gasteiger charge is 2.34. The number of allylic oxidation sites excluding steroid dienone is 1. The van der Waals surface area contributed by atoms with Crippen molar-refractivity contribution in [3.63, 3.8) is 0 Å². The minimum absolute atomic E-state index is 0.176. The van der Waals surface area contributed by atoms with Crippen LogP contribution in [0.15, 0.2) is 63.5 Å². The van der Waals surface area contributed by atoms with E-state index in [0.29, 0.717) is 37.8 Å². The quantitative estimate of drug-likeness (QED) is 0.360. The number of fused-ring (bicyclic) bond motifs is 1. The number of methoxy groups -OCH3 is 2. The lowest BCUT2D eigenvalue weighted by Crippen LogP contribution is -2.40. The predicted octanol–water partition coefficient (Wildman–Crippen LogP) is 2.86. The van der Waals surface area contributed by atoms with Gasteiger partial charge in [-0.1, -0.05) is 29.5 Å². The van der Waals surface area contributed by atoms with Crippen molar-refractivity contribution in [2.45, 2.75) is 19.9 Å². The maximum atomic E-state index is 13.7. The summed E-state index contributed by atoms with van der Waals surface area (Å²) >= 11 is 1.22. The number of nitroso groups, excluding NO2 is 1. The van der Waals surface area contributed by atoms with Crippen LogP contribution >= 0.6 is 11.3 Å². The molecule has 2 heterocycles. The van der Waals surface area contributed by atoms with E-state index in [1.165, 1.54) is 23.0 Å². The molecule has 0 bridgehead atoms. The molecule has 0 saturated heterocycles. The molecule has 0 fully saturated rings. The van der Waals surface area contributed by atoms with Crippen LogP contribution in [0.3, 0.4) is 0 Å². The summed E-state index contributed by atoms with van der Waals surface area (Å²) in [5.41, 5.74) is 2.15. The van der Waals surface area contributed by atoms with Crippen LogP contribution in [0.4, 0.5) is 5.69 Å². The Kier molecular flexibility index (Phi) is 7.16. The number of ether oxygens (including phenoxy) is 3. The first-order valence-corrected chi connectivity index (χ1v) is 12.0. The van der Waals surface area contributed by atoms with Crippen molar-refractivity contribution in [1.29, 1.82) is 0 Å². The van der Waals surface area contributed by atoms with Crippen molar-refractivity contribution in [1.82, 2.24) is 4.57 Å². The molecule has 1 atom stereocenters. The van der Waals surface area contributed by atoms with Gasteiger partial charge in [-0.05, 0) is 43.2 Å². The molecule has 0 saturated carbocycles. The van der Waals surface area contributed by atoms with Gasteiger partial charge in [-0.15, -0.1) is 0 Å². The van der Waals surface area contributed by atoms with Crippen LogP contribution in [0.25, 0.3) is 6.08 Å². The summed E-state index contributed by atoms with van der Waals surface area (Å²) in [5.74, 6) is 0.559. The highest BCUT2D eigenvalue weighted by atomic mass is 32.1. The average Bonchev–Trinajstić information content (AvgIpc) is 3.17. The number of benzene rings is 2. The topological polar surface area (TPSA) is 99.2 Å².